The van der Waals surface area contributed by atoms with Crippen LogP contribution >= 0.6 is 0 Å². The van der Waals surface area contributed by atoms with E-state index in [0.717, 1.165) is 6.42 Å². The van der Waals surface area contributed by atoms with Crippen LogP contribution in [0.5, 0.6) is 0 Å². The maximum Gasteiger partial charge on any atom is 0.235 e. The van der Waals surface area contributed by atoms with E-state index in [4.69, 9.17) is 4.74 Å². The van der Waals surface area contributed by atoms with E-state index >= 15 is 0 Å². The minimum atomic E-state index is -0.471. The molecular formula is C12H12FNO2. The maximum absolute atomic E-state index is 13.6. The summed E-state index contributed by atoms with van der Waals surface area (Å²) < 4.78 is 18.8. The second kappa shape index (κ2) is 5.01. The average Bonchev–Trinajstić information content (AvgIpc) is 2.80. The van der Waals surface area contributed by atoms with Crippen molar-refractivity contribution < 1.29 is 13.9 Å². The second-order valence-corrected chi connectivity index (χ2v) is 3.81. The monoisotopic (exact) mass is 221 g/mol. The number of isocyanates is 1. The third kappa shape index (κ3) is 2.18. The summed E-state index contributed by atoms with van der Waals surface area (Å²) in [6.07, 6.45) is 2.32. The van der Waals surface area contributed by atoms with E-state index in [9.17, 15) is 9.18 Å². The zero-order chi connectivity index (χ0) is 11.4. The standard InChI is InChI=1S/C12H12FNO2/c13-11-4-2-1-3-10(11)12(14-8-15)9-5-6-16-7-9/h1-4,9,12H,5-7H2. The summed E-state index contributed by atoms with van der Waals surface area (Å²) in [7, 11) is 0. The minimum Gasteiger partial charge on any atom is -0.381 e. The van der Waals surface area contributed by atoms with Crippen LogP contribution in [0.1, 0.15) is 18.0 Å². The molecule has 0 radical (unpaired) electrons. The zero-order valence-electron chi connectivity index (χ0n) is 8.73. The predicted octanol–water partition coefficient (Wildman–Crippen LogP) is 2.24. The Hall–Kier alpha value is -1.51. The number of halogens is 1. The highest BCUT2D eigenvalue weighted by Crippen LogP contribution is 2.32. The number of rotatable bonds is 3. The highest BCUT2D eigenvalue weighted by Gasteiger charge is 2.28. The van der Waals surface area contributed by atoms with E-state index in [1.807, 2.05) is 0 Å². The molecular weight excluding hydrogens is 209 g/mol. The number of carbonyl (C=O) groups excluding carboxylic acids is 1. The largest absolute Gasteiger partial charge is 0.381 e. The number of aliphatic imine (C=N–C) groups is 1. The van der Waals surface area contributed by atoms with Crippen LogP contribution in [-0.2, 0) is 9.53 Å². The SMILES string of the molecule is O=C=NC(c1ccccc1F)C1CCOC1. The van der Waals surface area contributed by atoms with Crippen LogP contribution in [0.15, 0.2) is 29.3 Å². The summed E-state index contributed by atoms with van der Waals surface area (Å²) in [6, 6.07) is 5.91. The molecule has 2 atom stereocenters. The van der Waals surface area contributed by atoms with Gasteiger partial charge in [-0.3, -0.25) is 0 Å². The van der Waals surface area contributed by atoms with Gasteiger partial charge in [0.1, 0.15) is 5.82 Å². The van der Waals surface area contributed by atoms with Gasteiger partial charge in [0.05, 0.1) is 12.6 Å². The van der Waals surface area contributed by atoms with Crippen molar-refractivity contribution in [3.05, 3.63) is 35.6 Å². The number of nitrogens with zero attached hydrogens (tertiary/aromatic N) is 1. The van der Waals surface area contributed by atoms with E-state index in [1.165, 1.54) is 12.1 Å². The van der Waals surface area contributed by atoms with Gasteiger partial charge < -0.3 is 4.74 Å². The average molecular weight is 221 g/mol. The van der Waals surface area contributed by atoms with Gasteiger partial charge in [-0.05, 0) is 12.5 Å². The molecule has 2 unspecified atom stereocenters. The quantitative estimate of drug-likeness (QED) is 0.580. The molecule has 0 amide bonds. The summed E-state index contributed by atoms with van der Waals surface area (Å²) >= 11 is 0. The normalized spacial score (nSPS) is 21.4. The Morgan fingerprint density at radius 3 is 2.94 bits per heavy atom. The lowest BCUT2D eigenvalue weighted by Gasteiger charge is -2.17. The van der Waals surface area contributed by atoms with Crippen molar-refractivity contribution in [1.82, 2.24) is 0 Å². The van der Waals surface area contributed by atoms with Crippen LogP contribution in [-0.4, -0.2) is 19.3 Å². The summed E-state index contributed by atoms with van der Waals surface area (Å²) in [5.74, 6) is -0.267. The minimum absolute atomic E-state index is 0.0679. The number of benzene rings is 1. The van der Waals surface area contributed by atoms with Gasteiger partial charge in [0.2, 0.25) is 6.08 Å². The van der Waals surface area contributed by atoms with Gasteiger partial charge in [-0.25, -0.2) is 9.18 Å². The van der Waals surface area contributed by atoms with Crippen molar-refractivity contribution in [2.45, 2.75) is 12.5 Å². The Morgan fingerprint density at radius 1 is 1.50 bits per heavy atom. The summed E-state index contributed by atoms with van der Waals surface area (Å²) in [6.45, 7) is 1.16. The fraction of sp³-hybridized carbons (Fsp3) is 0.417. The zero-order valence-corrected chi connectivity index (χ0v) is 8.73. The third-order valence-corrected chi connectivity index (χ3v) is 2.83. The summed E-state index contributed by atoms with van der Waals surface area (Å²) in [4.78, 5) is 14.1. The molecule has 4 heteroatoms. The Bertz CT molecular complexity index is 409. The van der Waals surface area contributed by atoms with Gasteiger partial charge in [0, 0.05) is 18.1 Å². The topological polar surface area (TPSA) is 38.7 Å². The van der Waals surface area contributed by atoms with Gasteiger partial charge in [-0.2, -0.15) is 4.99 Å². The van der Waals surface area contributed by atoms with Crippen LogP contribution in [0.2, 0.25) is 0 Å². The molecule has 0 bridgehead atoms. The second-order valence-electron chi connectivity index (χ2n) is 3.81. The van der Waals surface area contributed by atoms with E-state index in [0.29, 0.717) is 18.8 Å². The molecule has 16 heavy (non-hydrogen) atoms. The predicted molar refractivity (Wildman–Crippen MR) is 56.2 cm³/mol. The molecule has 0 N–H and O–H groups in total. The first-order valence-electron chi connectivity index (χ1n) is 5.22. The van der Waals surface area contributed by atoms with Gasteiger partial charge >= 0.3 is 0 Å². The first-order chi connectivity index (χ1) is 7.83. The molecule has 0 aromatic heterocycles. The molecule has 0 saturated carbocycles. The van der Waals surface area contributed by atoms with E-state index in [1.54, 1.807) is 18.2 Å². The molecule has 84 valence electrons. The van der Waals surface area contributed by atoms with Crippen LogP contribution in [0.25, 0.3) is 0 Å². The number of hydrogen-bond donors (Lipinski definition) is 0. The van der Waals surface area contributed by atoms with Crippen molar-refractivity contribution in [2.75, 3.05) is 13.2 Å². The van der Waals surface area contributed by atoms with E-state index in [2.05, 4.69) is 4.99 Å². The third-order valence-electron chi connectivity index (χ3n) is 2.83. The Kier molecular flexibility index (Phi) is 3.44. The molecule has 1 aliphatic heterocycles. The van der Waals surface area contributed by atoms with E-state index in [-0.39, 0.29) is 11.7 Å². The maximum atomic E-state index is 13.6. The lowest BCUT2D eigenvalue weighted by molar-refractivity contribution is 0.180. The molecule has 1 heterocycles. The van der Waals surface area contributed by atoms with Crippen molar-refractivity contribution in [2.24, 2.45) is 10.9 Å². The molecule has 0 spiro atoms. The van der Waals surface area contributed by atoms with Crippen molar-refractivity contribution >= 4 is 6.08 Å². The molecule has 0 aliphatic carbocycles. The number of ether oxygens (including phenoxy) is 1. The Labute approximate surface area is 93.0 Å². The van der Waals surface area contributed by atoms with Gasteiger partial charge in [-0.15, -0.1) is 0 Å². The molecule has 3 nitrogen and oxygen atoms in total. The fourth-order valence-electron chi connectivity index (χ4n) is 2.00. The van der Waals surface area contributed by atoms with Crippen LogP contribution in [0.4, 0.5) is 4.39 Å². The van der Waals surface area contributed by atoms with Crippen molar-refractivity contribution in [1.29, 1.82) is 0 Å². The Morgan fingerprint density at radius 2 is 2.31 bits per heavy atom. The van der Waals surface area contributed by atoms with Crippen molar-refractivity contribution in [3.63, 3.8) is 0 Å². The molecule has 1 aromatic rings. The Balaban J connectivity index is 2.31. The molecule has 1 aromatic carbocycles. The van der Waals surface area contributed by atoms with Crippen LogP contribution in [0.3, 0.4) is 0 Å². The smallest absolute Gasteiger partial charge is 0.235 e. The summed E-state index contributed by atoms with van der Waals surface area (Å²) in [5, 5.41) is 0. The lowest BCUT2D eigenvalue weighted by Crippen LogP contribution is -2.12. The van der Waals surface area contributed by atoms with E-state index < -0.39 is 6.04 Å². The van der Waals surface area contributed by atoms with Gasteiger partial charge in [-0.1, -0.05) is 18.2 Å². The van der Waals surface area contributed by atoms with Gasteiger partial charge in [0.25, 0.3) is 0 Å². The molecule has 1 saturated heterocycles. The lowest BCUT2D eigenvalue weighted by atomic mass is 9.92. The van der Waals surface area contributed by atoms with Gasteiger partial charge in [0.15, 0.2) is 0 Å². The number of hydrogen-bond acceptors (Lipinski definition) is 3. The molecule has 1 fully saturated rings. The first-order valence-corrected chi connectivity index (χ1v) is 5.22. The van der Waals surface area contributed by atoms with Crippen LogP contribution in [0, 0.1) is 11.7 Å². The van der Waals surface area contributed by atoms with Crippen molar-refractivity contribution in [3.8, 4) is 0 Å². The van der Waals surface area contributed by atoms with Crippen LogP contribution < -0.4 is 0 Å². The fourth-order valence-corrected chi connectivity index (χ4v) is 2.00. The summed E-state index contributed by atoms with van der Waals surface area (Å²) in [5.41, 5.74) is 0.446. The molecule has 2 rings (SSSR count). The first kappa shape index (κ1) is 11.0. The molecule has 1 aliphatic rings. The highest BCUT2D eigenvalue weighted by molar-refractivity contribution is 5.36. The highest BCUT2D eigenvalue weighted by atomic mass is 19.1.